The summed E-state index contributed by atoms with van der Waals surface area (Å²) in [5.74, 6) is -0.913. The molecule has 15 heavy (non-hydrogen) atoms. The predicted octanol–water partition coefficient (Wildman–Crippen LogP) is 0.641. The minimum atomic E-state index is -0.913. The van der Waals surface area contributed by atoms with Gasteiger partial charge in [0.1, 0.15) is 6.04 Å². The number of carboxylic acids is 1. The van der Waals surface area contributed by atoms with Gasteiger partial charge in [-0.05, 0) is 6.92 Å². The number of nitrogens with one attached hydrogen (secondary N) is 1. The normalized spacial score (nSPS) is 12.7. The van der Waals surface area contributed by atoms with Gasteiger partial charge >= 0.3 is 5.97 Å². The van der Waals surface area contributed by atoms with Crippen LogP contribution in [0, 0.1) is 6.92 Å². The number of hydrogen-bond donors (Lipinski definition) is 2. The Kier molecular flexibility index (Phi) is 4.67. The molecule has 0 radical (unpaired) electrons. The standard InChI is InChI=1S/C9H14N2O3S/c1-6-11-7(5-15-6)3-10-8(4-14-2)9(12)13/h5,8,10H,3-4H2,1-2H3,(H,12,13). The Morgan fingerprint density at radius 2 is 2.53 bits per heavy atom. The highest BCUT2D eigenvalue weighted by atomic mass is 32.1. The van der Waals surface area contributed by atoms with Crippen LogP contribution >= 0.6 is 11.3 Å². The van der Waals surface area contributed by atoms with Gasteiger partial charge in [-0.2, -0.15) is 0 Å². The van der Waals surface area contributed by atoms with Gasteiger partial charge in [0.2, 0.25) is 0 Å². The summed E-state index contributed by atoms with van der Waals surface area (Å²) in [7, 11) is 1.48. The van der Waals surface area contributed by atoms with Crippen molar-refractivity contribution in [3.8, 4) is 0 Å². The van der Waals surface area contributed by atoms with E-state index in [4.69, 9.17) is 9.84 Å². The third-order valence-corrected chi connectivity index (χ3v) is 2.65. The number of aryl methyl sites for hydroxylation is 1. The molecule has 1 aromatic rings. The van der Waals surface area contributed by atoms with E-state index in [9.17, 15) is 4.79 Å². The van der Waals surface area contributed by atoms with Crippen LogP contribution in [0.4, 0.5) is 0 Å². The lowest BCUT2D eigenvalue weighted by atomic mass is 10.3. The highest BCUT2D eigenvalue weighted by Gasteiger charge is 2.16. The summed E-state index contributed by atoms with van der Waals surface area (Å²) in [5, 5.41) is 14.6. The number of methoxy groups -OCH3 is 1. The monoisotopic (exact) mass is 230 g/mol. The number of carbonyl (C=O) groups is 1. The molecule has 1 rings (SSSR count). The Labute approximate surface area is 92.1 Å². The third-order valence-electron chi connectivity index (χ3n) is 1.83. The number of aromatic nitrogens is 1. The molecule has 5 nitrogen and oxygen atoms in total. The topological polar surface area (TPSA) is 71.5 Å². The molecule has 1 heterocycles. The molecule has 1 aromatic heterocycles. The maximum absolute atomic E-state index is 10.8. The minimum absolute atomic E-state index is 0.151. The lowest BCUT2D eigenvalue weighted by molar-refractivity contribution is -0.140. The zero-order chi connectivity index (χ0) is 11.3. The summed E-state index contributed by atoms with van der Waals surface area (Å²) >= 11 is 1.55. The second-order valence-corrected chi connectivity index (χ2v) is 4.15. The van der Waals surface area contributed by atoms with E-state index in [-0.39, 0.29) is 6.61 Å². The van der Waals surface area contributed by atoms with Gasteiger partial charge in [0.05, 0.1) is 17.3 Å². The van der Waals surface area contributed by atoms with Crippen LogP contribution in [-0.2, 0) is 16.1 Å². The average molecular weight is 230 g/mol. The van der Waals surface area contributed by atoms with Gasteiger partial charge in [0.15, 0.2) is 0 Å². The van der Waals surface area contributed by atoms with E-state index in [0.29, 0.717) is 6.54 Å². The van der Waals surface area contributed by atoms with Gasteiger partial charge in [-0.25, -0.2) is 4.98 Å². The van der Waals surface area contributed by atoms with Crippen LogP contribution in [0.5, 0.6) is 0 Å². The molecule has 0 saturated heterocycles. The van der Waals surface area contributed by atoms with Crippen molar-refractivity contribution in [1.29, 1.82) is 0 Å². The highest BCUT2D eigenvalue weighted by Crippen LogP contribution is 2.07. The van der Waals surface area contributed by atoms with Crippen LogP contribution in [-0.4, -0.2) is 35.8 Å². The lowest BCUT2D eigenvalue weighted by Gasteiger charge is -2.11. The molecule has 1 unspecified atom stereocenters. The molecule has 0 amide bonds. The summed E-state index contributed by atoms with van der Waals surface area (Å²) in [6, 6.07) is -0.683. The van der Waals surface area contributed by atoms with Crippen molar-refractivity contribution in [2.24, 2.45) is 0 Å². The molecule has 0 aromatic carbocycles. The number of rotatable bonds is 6. The first kappa shape index (κ1) is 12.1. The predicted molar refractivity (Wildman–Crippen MR) is 57.0 cm³/mol. The fourth-order valence-corrected chi connectivity index (χ4v) is 1.71. The second-order valence-electron chi connectivity index (χ2n) is 3.08. The molecule has 1 atom stereocenters. The number of nitrogens with zero attached hydrogens (tertiary/aromatic N) is 1. The zero-order valence-corrected chi connectivity index (χ0v) is 9.50. The van der Waals surface area contributed by atoms with Crippen molar-refractivity contribution in [2.75, 3.05) is 13.7 Å². The van der Waals surface area contributed by atoms with E-state index in [2.05, 4.69) is 10.3 Å². The number of ether oxygens (including phenoxy) is 1. The van der Waals surface area contributed by atoms with Crippen molar-refractivity contribution >= 4 is 17.3 Å². The maximum atomic E-state index is 10.8. The van der Waals surface area contributed by atoms with E-state index < -0.39 is 12.0 Å². The summed E-state index contributed by atoms with van der Waals surface area (Å²) in [6.45, 7) is 2.51. The quantitative estimate of drug-likeness (QED) is 0.750. The Hall–Kier alpha value is -0.980. The van der Waals surface area contributed by atoms with Crippen LogP contribution in [0.15, 0.2) is 5.38 Å². The van der Waals surface area contributed by atoms with Crippen LogP contribution in [0.25, 0.3) is 0 Å². The molecular formula is C9H14N2O3S. The van der Waals surface area contributed by atoms with Crippen LogP contribution in [0.2, 0.25) is 0 Å². The number of hydrogen-bond acceptors (Lipinski definition) is 5. The first-order valence-corrected chi connectivity index (χ1v) is 5.37. The first-order valence-electron chi connectivity index (χ1n) is 4.49. The molecule has 0 saturated carbocycles. The Balaban J connectivity index is 2.43. The van der Waals surface area contributed by atoms with Gasteiger partial charge in [-0.1, -0.05) is 0 Å². The average Bonchev–Trinajstić information content (AvgIpc) is 2.58. The lowest BCUT2D eigenvalue weighted by Crippen LogP contribution is -2.39. The van der Waals surface area contributed by atoms with Crippen molar-refractivity contribution in [3.63, 3.8) is 0 Å². The molecule has 0 aliphatic rings. The zero-order valence-electron chi connectivity index (χ0n) is 8.69. The van der Waals surface area contributed by atoms with Gasteiger partial charge in [0.25, 0.3) is 0 Å². The largest absolute Gasteiger partial charge is 0.480 e. The van der Waals surface area contributed by atoms with E-state index in [0.717, 1.165) is 10.7 Å². The first-order chi connectivity index (χ1) is 7.13. The Morgan fingerprint density at radius 1 is 1.80 bits per heavy atom. The molecule has 6 heteroatoms. The van der Waals surface area contributed by atoms with Crippen molar-refractivity contribution in [2.45, 2.75) is 19.5 Å². The smallest absolute Gasteiger partial charge is 0.323 e. The van der Waals surface area contributed by atoms with Gasteiger partial charge in [-0.3, -0.25) is 10.1 Å². The van der Waals surface area contributed by atoms with E-state index in [1.165, 1.54) is 7.11 Å². The van der Waals surface area contributed by atoms with Crippen LogP contribution < -0.4 is 5.32 Å². The fraction of sp³-hybridized carbons (Fsp3) is 0.556. The fourth-order valence-electron chi connectivity index (χ4n) is 1.10. The molecule has 0 bridgehead atoms. The number of aliphatic carboxylic acids is 1. The molecule has 2 N–H and O–H groups in total. The minimum Gasteiger partial charge on any atom is -0.480 e. The van der Waals surface area contributed by atoms with Gasteiger partial charge in [-0.15, -0.1) is 11.3 Å². The summed E-state index contributed by atoms with van der Waals surface area (Å²) in [4.78, 5) is 15.0. The molecule has 84 valence electrons. The molecule has 0 aliphatic heterocycles. The number of thiazole rings is 1. The molecular weight excluding hydrogens is 216 g/mol. The summed E-state index contributed by atoms with van der Waals surface area (Å²) < 4.78 is 4.80. The van der Waals surface area contributed by atoms with E-state index in [1.54, 1.807) is 11.3 Å². The summed E-state index contributed by atoms with van der Waals surface area (Å²) in [6.07, 6.45) is 0. The van der Waals surface area contributed by atoms with E-state index in [1.807, 2.05) is 12.3 Å². The van der Waals surface area contributed by atoms with Crippen LogP contribution in [0.1, 0.15) is 10.7 Å². The third kappa shape index (κ3) is 3.94. The Morgan fingerprint density at radius 3 is 3.00 bits per heavy atom. The summed E-state index contributed by atoms with van der Waals surface area (Å²) in [5.41, 5.74) is 0.861. The maximum Gasteiger partial charge on any atom is 0.323 e. The van der Waals surface area contributed by atoms with Crippen molar-refractivity contribution in [3.05, 3.63) is 16.1 Å². The molecule has 0 spiro atoms. The van der Waals surface area contributed by atoms with Gasteiger partial charge < -0.3 is 9.84 Å². The molecule has 0 fully saturated rings. The second kappa shape index (κ2) is 5.79. The van der Waals surface area contributed by atoms with Crippen LogP contribution in [0.3, 0.4) is 0 Å². The number of carboxylic acid groups (broad SMARTS) is 1. The highest BCUT2D eigenvalue weighted by molar-refractivity contribution is 7.09. The SMILES string of the molecule is COCC(NCc1csc(C)n1)C(=O)O. The van der Waals surface area contributed by atoms with Crippen molar-refractivity contribution < 1.29 is 14.6 Å². The Bertz CT molecular complexity index is 327. The van der Waals surface area contributed by atoms with Crippen molar-refractivity contribution in [1.82, 2.24) is 10.3 Å². The van der Waals surface area contributed by atoms with E-state index >= 15 is 0 Å². The molecule has 0 aliphatic carbocycles. The van der Waals surface area contributed by atoms with Gasteiger partial charge in [0, 0.05) is 19.0 Å².